The second-order valence-corrected chi connectivity index (χ2v) is 7.98. The molecule has 31 heavy (non-hydrogen) atoms. The van der Waals surface area contributed by atoms with E-state index < -0.39 is 5.97 Å². The Morgan fingerprint density at radius 2 is 1.61 bits per heavy atom. The summed E-state index contributed by atoms with van der Waals surface area (Å²) in [5, 5.41) is 13.9. The Morgan fingerprint density at radius 1 is 0.903 bits per heavy atom. The minimum atomic E-state index is -0.945. The van der Waals surface area contributed by atoms with Crippen molar-refractivity contribution in [2.75, 3.05) is 7.11 Å². The maximum Gasteiger partial charge on any atom is 0.335 e. The fourth-order valence-electron chi connectivity index (χ4n) is 2.89. The molecule has 0 amide bonds. The van der Waals surface area contributed by atoms with E-state index in [9.17, 15) is 4.79 Å². The molecule has 0 aliphatic carbocycles. The topological polar surface area (TPSA) is 67.8 Å². The Labute approximate surface area is 195 Å². The molecule has 0 saturated heterocycles. The number of benzene rings is 3. The van der Waals surface area contributed by atoms with Gasteiger partial charge in [-0.15, -0.1) is 0 Å². The Balaban J connectivity index is 1.63. The van der Waals surface area contributed by atoms with E-state index in [1.165, 1.54) is 0 Å². The Bertz CT molecular complexity index is 1070. The van der Waals surface area contributed by atoms with E-state index in [0.717, 1.165) is 16.7 Å². The van der Waals surface area contributed by atoms with Gasteiger partial charge in [-0.3, -0.25) is 0 Å². The molecule has 0 fully saturated rings. The molecule has 3 aromatic carbocycles. The molecule has 0 heterocycles. The molecule has 8 heteroatoms. The van der Waals surface area contributed by atoms with Crippen molar-refractivity contribution in [1.29, 1.82) is 0 Å². The molecule has 0 spiro atoms. The third-order valence-electron chi connectivity index (χ3n) is 4.58. The number of rotatable bonds is 9. The standard InChI is InChI=1S/C23H20Cl3NO4/c1-30-21-8-17(12-27-11-14-2-4-15(5-3-14)23(28)29)20(26)10-22(21)31-13-16-6-7-18(24)9-19(16)25/h2-10,27H,11-13H2,1H3,(H,28,29). The fraction of sp³-hybridized carbons (Fsp3) is 0.174. The molecule has 0 atom stereocenters. The number of carboxylic acids is 1. The number of methoxy groups -OCH3 is 1. The van der Waals surface area contributed by atoms with Crippen LogP contribution in [0.2, 0.25) is 15.1 Å². The number of ether oxygens (including phenoxy) is 2. The number of aromatic carboxylic acids is 1. The summed E-state index contributed by atoms with van der Waals surface area (Å²) in [5.41, 5.74) is 2.86. The lowest BCUT2D eigenvalue weighted by Crippen LogP contribution is -2.13. The average molecular weight is 481 g/mol. The van der Waals surface area contributed by atoms with Gasteiger partial charge in [0.05, 0.1) is 12.7 Å². The van der Waals surface area contributed by atoms with Crippen LogP contribution in [0.1, 0.15) is 27.0 Å². The number of hydrogen-bond donors (Lipinski definition) is 2. The van der Waals surface area contributed by atoms with Crippen molar-refractivity contribution >= 4 is 40.8 Å². The van der Waals surface area contributed by atoms with Crippen LogP contribution in [0, 0.1) is 0 Å². The maximum absolute atomic E-state index is 10.9. The number of nitrogens with one attached hydrogen (secondary N) is 1. The van der Waals surface area contributed by atoms with Gasteiger partial charge >= 0.3 is 5.97 Å². The first kappa shape index (κ1) is 23.2. The van der Waals surface area contributed by atoms with Crippen LogP contribution in [-0.2, 0) is 19.7 Å². The molecule has 0 radical (unpaired) electrons. The first-order valence-electron chi connectivity index (χ1n) is 9.33. The van der Waals surface area contributed by atoms with Crippen molar-refractivity contribution in [3.05, 3.63) is 91.9 Å². The largest absolute Gasteiger partial charge is 0.493 e. The lowest BCUT2D eigenvalue weighted by molar-refractivity contribution is 0.0697. The van der Waals surface area contributed by atoms with E-state index in [1.807, 2.05) is 6.07 Å². The molecule has 0 unspecified atom stereocenters. The third-order valence-corrected chi connectivity index (χ3v) is 5.52. The van der Waals surface area contributed by atoms with Gasteiger partial charge in [0.25, 0.3) is 0 Å². The van der Waals surface area contributed by atoms with Crippen LogP contribution in [0.15, 0.2) is 54.6 Å². The van der Waals surface area contributed by atoms with E-state index in [0.29, 0.717) is 39.7 Å². The molecule has 5 nitrogen and oxygen atoms in total. The predicted molar refractivity (Wildman–Crippen MR) is 123 cm³/mol. The Morgan fingerprint density at radius 3 is 2.26 bits per heavy atom. The fourth-order valence-corrected chi connectivity index (χ4v) is 3.57. The zero-order valence-corrected chi connectivity index (χ0v) is 18.9. The normalized spacial score (nSPS) is 10.7. The molecule has 162 valence electrons. The number of carboxylic acid groups (broad SMARTS) is 1. The van der Waals surface area contributed by atoms with Crippen LogP contribution >= 0.6 is 34.8 Å². The number of halogens is 3. The molecule has 0 aromatic heterocycles. The van der Waals surface area contributed by atoms with E-state index >= 15 is 0 Å². The van der Waals surface area contributed by atoms with Crippen molar-refractivity contribution in [3.8, 4) is 11.5 Å². The third kappa shape index (κ3) is 6.28. The second-order valence-electron chi connectivity index (χ2n) is 6.72. The first-order chi connectivity index (χ1) is 14.9. The van der Waals surface area contributed by atoms with Gasteiger partial charge in [-0.25, -0.2) is 4.79 Å². The average Bonchev–Trinajstić information content (AvgIpc) is 2.74. The van der Waals surface area contributed by atoms with Crippen LogP contribution in [0.4, 0.5) is 0 Å². The molecular weight excluding hydrogens is 461 g/mol. The molecule has 0 saturated carbocycles. The van der Waals surface area contributed by atoms with Crippen molar-refractivity contribution in [3.63, 3.8) is 0 Å². The van der Waals surface area contributed by atoms with Crippen molar-refractivity contribution < 1.29 is 19.4 Å². The van der Waals surface area contributed by atoms with Crippen LogP contribution in [0.3, 0.4) is 0 Å². The molecule has 0 bridgehead atoms. The van der Waals surface area contributed by atoms with Gasteiger partial charge in [0.15, 0.2) is 11.5 Å². The molecule has 2 N–H and O–H groups in total. The summed E-state index contributed by atoms with van der Waals surface area (Å²) in [4.78, 5) is 10.9. The molecular formula is C23H20Cl3NO4. The SMILES string of the molecule is COc1cc(CNCc2ccc(C(=O)O)cc2)c(Cl)cc1OCc1ccc(Cl)cc1Cl. The van der Waals surface area contributed by atoms with Gasteiger partial charge in [-0.05, 0) is 41.5 Å². The van der Waals surface area contributed by atoms with E-state index in [-0.39, 0.29) is 12.2 Å². The summed E-state index contributed by atoms with van der Waals surface area (Å²) in [6.45, 7) is 1.30. The molecule has 3 rings (SSSR count). The summed E-state index contributed by atoms with van der Waals surface area (Å²) < 4.78 is 11.3. The Kier molecular flexibility index (Phi) is 8.04. The molecule has 0 aliphatic heterocycles. The Hall–Kier alpha value is -2.44. The van der Waals surface area contributed by atoms with Crippen LogP contribution in [-0.4, -0.2) is 18.2 Å². The number of carbonyl (C=O) groups is 1. The lowest BCUT2D eigenvalue weighted by atomic mass is 10.1. The highest BCUT2D eigenvalue weighted by Crippen LogP contribution is 2.34. The molecule has 3 aromatic rings. The quantitative estimate of drug-likeness (QED) is 0.380. The number of hydrogen-bond acceptors (Lipinski definition) is 4. The first-order valence-corrected chi connectivity index (χ1v) is 10.5. The van der Waals surface area contributed by atoms with Crippen LogP contribution in [0.5, 0.6) is 11.5 Å². The maximum atomic E-state index is 10.9. The monoisotopic (exact) mass is 479 g/mol. The predicted octanol–water partition coefficient (Wildman–Crippen LogP) is 6.22. The molecule has 0 aliphatic rings. The lowest BCUT2D eigenvalue weighted by Gasteiger charge is -2.15. The second kappa shape index (κ2) is 10.7. The summed E-state index contributed by atoms with van der Waals surface area (Å²) in [5.74, 6) is 0.114. The highest BCUT2D eigenvalue weighted by atomic mass is 35.5. The van der Waals surface area contributed by atoms with E-state index in [2.05, 4.69) is 5.32 Å². The van der Waals surface area contributed by atoms with Crippen molar-refractivity contribution in [1.82, 2.24) is 5.32 Å². The van der Waals surface area contributed by atoms with Crippen LogP contribution in [0.25, 0.3) is 0 Å². The van der Waals surface area contributed by atoms with Gasteiger partial charge in [0.2, 0.25) is 0 Å². The summed E-state index contributed by atoms with van der Waals surface area (Å²) in [6, 6.07) is 15.5. The van der Waals surface area contributed by atoms with Gasteiger partial charge < -0.3 is 19.9 Å². The van der Waals surface area contributed by atoms with Gasteiger partial charge in [-0.1, -0.05) is 53.0 Å². The minimum absolute atomic E-state index is 0.243. The van der Waals surface area contributed by atoms with Crippen LogP contribution < -0.4 is 14.8 Å². The highest BCUT2D eigenvalue weighted by molar-refractivity contribution is 6.35. The minimum Gasteiger partial charge on any atom is -0.493 e. The van der Waals surface area contributed by atoms with Gasteiger partial charge in [0, 0.05) is 39.8 Å². The smallest absolute Gasteiger partial charge is 0.335 e. The van der Waals surface area contributed by atoms with Gasteiger partial charge in [0.1, 0.15) is 6.61 Å². The van der Waals surface area contributed by atoms with E-state index in [4.69, 9.17) is 49.4 Å². The van der Waals surface area contributed by atoms with Gasteiger partial charge in [-0.2, -0.15) is 0 Å². The van der Waals surface area contributed by atoms with E-state index in [1.54, 1.807) is 55.6 Å². The summed E-state index contributed by atoms with van der Waals surface area (Å²) in [6.07, 6.45) is 0. The van der Waals surface area contributed by atoms with Crippen molar-refractivity contribution in [2.45, 2.75) is 19.7 Å². The highest BCUT2D eigenvalue weighted by Gasteiger charge is 2.12. The summed E-state index contributed by atoms with van der Waals surface area (Å²) in [7, 11) is 1.56. The zero-order valence-electron chi connectivity index (χ0n) is 16.6. The summed E-state index contributed by atoms with van der Waals surface area (Å²) >= 11 is 18.6. The van der Waals surface area contributed by atoms with Crippen molar-refractivity contribution in [2.24, 2.45) is 0 Å². The zero-order chi connectivity index (χ0) is 22.4.